The van der Waals surface area contributed by atoms with E-state index in [4.69, 9.17) is 9.94 Å². The van der Waals surface area contributed by atoms with Crippen LogP contribution in [0.25, 0.3) is 10.9 Å². The summed E-state index contributed by atoms with van der Waals surface area (Å²) in [5.74, 6) is -2.15. The molecule has 0 aliphatic carbocycles. The van der Waals surface area contributed by atoms with Gasteiger partial charge in [-0.1, -0.05) is 18.2 Å². The maximum Gasteiger partial charge on any atom is 0.323 e. The second kappa shape index (κ2) is 10.3. The molecule has 0 radical (unpaired) electrons. The molecule has 36 heavy (non-hydrogen) atoms. The minimum Gasteiger partial charge on any atom is -0.489 e. The van der Waals surface area contributed by atoms with E-state index in [1.54, 1.807) is 24.3 Å². The summed E-state index contributed by atoms with van der Waals surface area (Å²) in [6, 6.07) is 14.8. The molecule has 188 valence electrons. The summed E-state index contributed by atoms with van der Waals surface area (Å²) < 4.78 is 5.92. The maximum atomic E-state index is 12.9. The van der Waals surface area contributed by atoms with Gasteiger partial charge in [0.25, 0.3) is 5.91 Å². The van der Waals surface area contributed by atoms with Gasteiger partial charge in [0, 0.05) is 35.2 Å². The topological polar surface area (TPSA) is 161 Å². The monoisotopic (exact) mass is 494 g/mol. The number of ether oxygens (including phenoxy) is 1. The van der Waals surface area contributed by atoms with Crippen molar-refractivity contribution in [2.24, 2.45) is 0 Å². The van der Waals surface area contributed by atoms with E-state index in [-0.39, 0.29) is 18.5 Å². The third-order valence-electron chi connectivity index (χ3n) is 6.14. The van der Waals surface area contributed by atoms with Crippen molar-refractivity contribution in [3.63, 3.8) is 0 Å². The van der Waals surface area contributed by atoms with Crippen LogP contribution < -0.4 is 15.5 Å². The fourth-order valence-electron chi connectivity index (χ4n) is 4.48. The number of rotatable bonds is 8. The number of hydrogen-bond donors (Lipinski definition) is 5. The molecule has 4 rings (SSSR count). The summed E-state index contributed by atoms with van der Waals surface area (Å²) >= 11 is 0. The Hall–Kier alpha value is -4.06. The van der Waals surface area contributed by atoms with Crippen LogP contribution in [-0.2, 0) is 16.2 Å². The average molecular weight is 495 g/mol. The maximum absolute atomic E-state index is 12.9. The lowest BCUT2D eigenvalue weighted by molar-refractivity contribution is -0.161. The number of carbonyl (C=O) groups excluding carboxylic acids is 2. The Labute approximate surface area is 206 Å². The van der Waals surface area contributed by atoms with Gasteiger partial charge in [-0.05, 0) is 43.3 Å². The molecule has 1 aliphatic rings. The van der Waals surface area contributed by atoms with E-state index < -0.39 is 35.8 Å². The van der Waals surface area contributed by atoms with Crippen molar-refractivity contribution in [1.29, 1.82) is 0 Å². The van der Waals surface area contributed by atoms with Crippen LogP contribution in [0.1, 0.15) is 34.5 Å². The van der Waals surface area contributed by atoms with E-state index >= 15 is 0 Å². The average Bonchev–Trinajstić information content (AvgIpc) is 3.18. The largest absolute Gasteiger partial charge is 0.489 e. The van der Waals surface area contributed by atoms with Crippen LogP contribution >= 0.6 is 0 Å². The van der Waals surface area contributed by atoms with Gasteiger partial charge in [0.2, 0.25) is 5.91 Å². The number of benzene rings is 2. The van der Waals surface area contributed by atoms with Gasteiger partial charge in [-0.2, -0.15) is 5.06 Å². The zero-order chi connectivity index (χ0) is 25.9. The third-order valence-corrected chi connectivity index (χ3v) is 6.14. The van der Waals surface area contributed by atoms with Crippen LogP contribution in [0, 0.1) is 6.92 Å². The van der Waals surface area contributed by atoms with Crippen molar-refractivity contribution in [1.82, 2.24) is 20.8 Å². The zero-order valence-electron chi connectivity index (χ0n) is 19.5. The molecule has 2 heterocycles. The molecule has 0 spiro atoms. The molecular formula is C25H26N4O7. The van der Waals surface area contributed by atoms with Gasteiger partial charge in [0.1, 0.15) is 18.4 Å². The number of para-hydroxylation sites is 1. The van der Waals surface area contributed by atoms with Crippen molar-refractivity contribution in [3.8, 4) is 5.75 Å². The number of pyridine rings is 1. The van der Waals surface area contributed by atoms with E-state index in [2.05, 4.69) is 10.3 Å². The summed E-state index contributed by atoms with van der Waals surface area (Å²) in [4.78, 5) is 40.7. The van der Waals surface area contributed by atoms with Gasteiger partial charge in [-0.25, -0.2) is 5.48 Å². The number of carboxylic acids is 1. The third kappa shape index (κ3) is 5.43. The molecule has 0 saturated carbocycles. The molecule has 1 saturated heterocycles. The van der Waals surface area contributed by atoms with Crippen LogP contribution in [0.15, 0.2) is 54.6 Å². The number of carboxylic acid groups (broad SMARTS) is 1. The number of nitrogens with one attached hydrogen (secondary N) is 2. The fourth-order valence-corrected chi connectivity index (χ4v) is 4.48. The zero-order valence-corrected chi connectivity index (χ0v) is 19.5. The number of fused-ring (bicyclic) bond motifs is 1. The van der Waals surface area contributed by atoms with Gasteiger partial charge in [-0.3, -0.25) is 24.6 Å². The molecule has 1 aliphatic heterocycles. The first-order chi connectivity index (χ1) is 17.2. The predicted molar refractivity (Wildman–Crippen MR) is 127 cm³/mol. The molecule has 1 aromatic heterocycles. The van der Waals surface area contributed by atoms with Crippen LogP contribution in [0.3, 0.4) is 0 Å². The summed E-state index contributed by atoms with van der Waals surface area (Å²) in [7, 11) is 0. The lowest BCUT2D eigenvalue weighted by Gasteiger charge is -2.29. The smallest absolute Gasteiger partial charge is 0.323 e. The molecule has 2 unspecified atom stereocenters. The highest BCUT2D eigenvalue weighted by molar-refractivity contribution is 5.95. The van der Waals surface area contributed by atoms with Gasteiger partial charge >= 0.3 is 5.97 Å². The van der Waals surface area contributed by atoms with Crippen molar-refractivity contribution >= 4 is 28.7 Å². The fraction of sp³-hybridized carbons (Fsp3) is 0.280. The number of nitrogens with zero attached hydrogens (tertiary/aromatic N) is 2. The molecule has 5 N–H and O–H groups in total. The number of amides is 2. The number of aromatic nitrogens is 1. The Morgan fingerprint density at radius 3 is 2.56 bits per heavy atom. The lowest BCUT2D eigenvalue weighted by Crippen LogP contribution is -2.52. The normalized spacial score (nSPS) is 19.7. The number of aryl methyl sites for hydroxylation is 1. The van der Waals surface area contributed by atoms with Crippen molar-refractivity contribution in [3.05, 3.63) is 71.4 Å². The highest BCUT2D eigenvalue weighted by atomic mass is 16.5. The highest BCUT2D eigenvalue weighted by Gasteiger charge is 2.49. The second-order valence-electron chi connectivity index (χ2n) is 8.85. The van der Waals surface area contributed by atoms with E-state index in [0.717, 1.165) is 22.2 Å². The van der Waals surface area contributed by atoms with Crippen LogP contribution in [0.4, 0.5) is 0 Å². The Morgan fingerprint density at radius 2 is 1.89 bits per heavy atom. The molecular weight excluding hydrogens is 468 g/mol. The van der Waals surface area contributed by atoms with Crippen molar-refractivity contribution in [2.45, 2.75) is 38.0 Å². The number of hydrogen-bond acceptors (Lipinski definition) is 8. The molecule has 2 aromatic carbocycles. The second-order valence-corrected chi connectivity index (χ2v) is 8.85. The first-order valence-electron chi connectivity index (χ1n) is 11.2. The molecule has 0 bridgehead atoms. The number of aliphatic carboxylic acids is 1. The first kappa shape index (κ1) is 25.0. The van der Waals surface area contributed by atoms with Gasteiger partial charge in [0.05, 0.1) is 17.5 Å². The summed E-state index contributed by atoms with van der Waals surface area (Å²) in [6.45, 7) is 1.92. The van der Waals surface area contributed by atoms with Crippen LogP contribution in [0.2, 0.25) is 0 Å². The molecule has 2 amide bonds. The Balaban J connectivity index is 1.46. The SMILES string of the molecule is Cc1cc(COc2ccc(C(=O)NC3(CC(=O)NO)CC(C(=O)O)N(O)C3)cc2)c2ccccc2n1. The van der Waals surface area contributed by atoms with Crippen molar-refractivity contribution in [2.75, 3.05) is 6.54 Å². The summed E-state index contributed by atoms with van der Waals surface area (Å²) in [6.07, 6.45) is -0.644. The molecule has 2 atom stereocenters. The van der Waals surface area contributed by atoms with E-state index in [1.165, 1.54) is 5.48 Å². The molecule has 3 aromatic rings. The van der Waals surface area contributed by atoms with E-state index in [9.17, 15) is 24.7 Å². The number of hydroxylamine groups is 3. The van der Waals surface area contributed by atoms with Crippen LogP contribution in [-0.4, -0.2) is 61.5 Å². The van der Waals surface area contributed by atoms with E-state index in [1.807, 2.05) is 37.3 Å². The Morgan fingerprint density at radius 1 is 1.17 bits per heavy atom. The predicted octanol–water partition coefficient (Wildman–Crippen LogP) is 2.03. The summed E-state index contributed by atoms with van der Waals surface area (Å²) in [5, 5.41) is 32.5. The van der Waals surface area contributed by atoms with Crippen LogP contribution in [0.5, 0.6) is 5.75 Å². The quantitative estimate of drug-likeness (QED) is 0.233. The summed E-state index contributed by atoms with van der Waals surface area (Å²) in [5.41, 5.74) is 3.07. The van der Waals surface area contributed by atoms with Gasteiger partial charge < -0.3 is 20.4 Å². The first-order valence-corrected chi connectivity index (χ1v) is 11.2. The van der Waals surface area contributed by atoms with Gasteiger partial charge in [-0.15, -0.1) is 0 Å². The minimum atomic E-state index is -1.39. The minimum absolute atomic E-state index is 0.224. The molecule has 11 nitrogen and oxygen atoms in total. The van der Waals surface area contributed by atoms with Gasteiger partial charge in [0.15, 0.2) is 0 Å². The highest BCUT2D eigenvalue weighted by Crippen LogP contribution is 2.30. The number of carbonyl (C=O) groups is 3. The molecule has 1 fully saturated rings. The molecule has 11 heteroatoms. The van der Waals surface area contributed by atoms with E-state index in [0.29, 0.717) is 17.4 Å². The standard InChI is InChI=1S/C25H26N4O7/c1-15-10-17(19-4-2-3-5-20(19)26-15)13-36-18-8-6-16(7-9-18)23(31)27-25(12-22(30)28-34)11-21(24(32)33)29(35)14-25/h2-10,21,34-35H,11-14H2,1H3,(H,27,31)(H,28,30)(H,32,33). The Kier molecular flexibility index (Phi) is 7.15. The van der Waals surface area contributed by atoms with Crippen molar-refractivity contribution < 1.29 is 34.6 Å². The lowest BCUT2D eigenvalue weighted by atomic mass is 9.91. The Bertz CT molecular complexity index is 1300.